The highest BCUT2D eigenvalue weighted by Crippen LogP contribution is 2.57. The van der Waals surface area contributed by atoms with Gasteiger partial charge in [-0.25, -0.2) is 0 Å². The Morgan fingerprint density at radius 2 is 1.27 bits per heavy atom. The third-order valence-corrected chi connectivity index (χ3v) is 14.1. The van der Waals surface area contributed by atoms with Gasteiger partial charge in [0.1, 0.15) is 11.2 Å². The fourth-order valence-corrected chi connectivity index (χ4v) is 11.1. The maximum absolute atomic E-state index is 6.67. The number of fused-ring (bicyclic) bond motifs is 12. The minimum Gasteiger partial charge on any atom is -0.456 e. The molecule has 0 atom stereocenters. The van der Waals surface area contributed by atoms with Gasteiger partial charge in [0.15, 0.2) is 0 Å². The first-order valence-electron chi connectivity index (χ1n) is 20.0. The Labute approximate surface area is 323 Å². The van der Waals surface area contributed by atoms with Crippen LogP contribution in [0.3, 0.4) is 0 Å². The van der Waals surface area contributed by atoms with Crippen molar-refractivity contribution in [2.24, 2.45) is 0 Å². The summed E-state index contributed by atoms with van der Waals surface area (Å²) in [5.74, 6) is 0. The molecule has 4 heteroatoms. The summed E-state index contributed by atoms with van der Waals surface area (Å²) in [5, 5.41) is 4.84. The van der Waals surface area contributed by atoms with Gasteiger partial charge in [0.2, 0.25) is 0 Å². The van der Waals surface area contributed by atoms with Crippen LogP contribution >= 0.6 is 0 Å². The Hall–Kier alpha value is -5.74. The van der Waals surface area contributed by atoms with Crippen LogP contribution in [0.5, 0.6) is 0 Å². The number of furan rings is 1. The van der Waals surface area contributed by atoms with Crippen molar-refractivity contribution in [1.82, 2.24) is 0 Å². The van der Waals surface area contributed by atoms with Crippen LogP contribution in [0.1, 0.15) is 76.6 Å². The lowest BCUT2D eigenvalue weighted by Gasteiger charge is -2.51. The Morgan fingerprint density at radius 3 is 2.13 bits per heavy atom. The number of rotatable bonds is 1. The molecule has 0 N–H and O–H groups in total. The van der Waals surface area contributed by atoms with Crippen molar-refractivity contribution in [1.29, 1.82) is 0 Å². The van der Waals surface area contributed by atoms with E-state index in [9.17, 15) is 0 Å². The summed E-state index contributed by atoms with van der Waals surface area (Å²) in [6.45, 7) is 14.5. The average Bonchev–Trinajstić information content (AvgIpc) is 3.55. The Balaban J connectivity index is 1.26. The highest BCUT2D eigenvalue weighted by molar-refractivity contribution is 6.94. The van der Waals surface area contributed by atoms with Gasteiger partial charge < -0.3 is 14.1 Å². The van der Waals surface area contributed by atoms with Gasteiger partial charge in [0, 0.05) is 44.5 Å². The van der Waals surface area contributed by atoms with Crippen LogP contribution in [-0.2, 0) is 16.2 Å². The second-order valence-electron chi connectivity index (χ2n) is 18.4. The van der Waals surface area contributed by atoms with Gasteiger partial charge in [-0.2, -0.15) is 0 Å². The second-order valence-corrected chi connectivity index (χ2v) is 18.4. The second kappa shape index (κ2) is 10.3. The van der Waals surface area contributed by atoms with Gasteiger partial charge in [-0.15, -0.1) is 0 Å². The topological polar surface area (TPSA) is 19.6 Å². The van der Waals surface area contributed by atoms with E-state index in [1.165, 1.54) is 96.4 Å². The van der Waals surface area contributed by atoms with Crippen LogP contribution in [0.15, 0.2) is 132 Å². The van der Waals surface area contributed by atoms with Gasteiger partial charge in [0.05, 0.1) is 5.69 Å². The summed E-state index contributed by atoms with van der Waals surface area (Å²) in [6, 6.07) is 48.4. The molecule has 1 aromatic heterocycles. The van der Waals surface area contributed by atoms with Crippen molar-refractivity contribution in [2.45, 2.75) is 70.6 Å². The molecular formula is C51H43BN2O. The first-order chi connectivity index (χ1) is 26.5. The Kier molecular flexibility index (Phi) is 5.92. The van der Waals surface area contributed by atoms with Gasteiger partial charge in [-0.05, 0) is 116 Å². The summed E-state index contributed by atoms with van der Waals surface area (Å²) in [7, 11) is 0. The largest absolute Gasteiger partial charge is 0.456 e. The van der Waals surface area contributed by atoms with Crippen molar-refractivity contribution >= 4 is 78.9 Å². The lowest BCUT2D eigenvalue weighted by molar-refractivity contribution is 0.332. The summed E-state index contributed by atoms with van der Waals surface area (Å²) in [4.78, 5) is 5.31. The SMILES string of the molecule is CC1(C)CCC(C)(C)c2cc(N3B4c5cccc6c5N(c5ccccc5C6(C)C)c5cc6ccccc6c(c54)-c4cc5oc6ccccc6c5cc43)ccc21. The van der Waals surface area contributed by atoms with E-state index in [1.807, 2.05) is 0 Å². The van der Waals surface area contributed by atoms with Gasteiger partial charge >= 0.3 is 6.85 Å². The fraction of sp³-hybridized carbons (Fsp3) is 0.216. The van der Waals surface area contributed by atoms with Crippen LogP contribution < -0.4 is 20.6 Å². The molecule has 0 saturated carbocycles. The number of nitrogens with zero attached hydrogens (tertiary/aromatic N) is 2. The number of hydrogen-bond acceptors (Lipinski definition) is 3. The minimum absolute atomic E-state index is 0.0530. The lowest BCUT2D eigenvalue weighted by Crippen LogP contribution is -2.62. The number of para-hydroxylation sites is 3. The predicted molar refractivity (Wildman–Crippen MR) is 232 cm³/mol. The highest BCUT2D eigenvalue weighted by atomic mass is 16.3. The van der Waals surface area contributed by atoms with Crippen molar-refractivity contribution < 1.29 is 4.42 Å². The lowest BCUT2D eigenvalue weighted by atomic mass is 9.42. The third-order valence-electron chi connectivity index (χ3n) is 14.1. The van der Waals surface area contributed by atoms with Gasteiger partial charge in [-0.3, -0.25) is 0 Å². The molecule has 0 unspecified atom stereocenters. The molecule has 0 bridgehead atoms. The van der Waals surface area contributed by atoms with E-state index in [1.54, 1.807) is 0 Å². The van der Waals surface area contributed by atoms with Crippen molar-refractivity contribution in [3.63, 3.8) is 0 Å². The van der Waals surface area contributed by atoms with Crippen LogP contribution in [-0.4, -0.2) is 6.85 Å². The zero-order valence-electron chi connectivity index (χ0n) is 32.4. The molecule has 1 aliphatic carbocycles. The fourth-order valence-electron chi connectivity index (χ4n) is 11.1. The maximum atomic E-state index is 6.67. The van der Waals surface area contributed by atoms with E-state index in [4.69, 9.17) is 4.42 Å². The standard InChI is InChI=1S/C51H43BN2O/c1-49(2)24-25-50(3,4)39-27-31(22-23-36(39)49)54-42-28-34-33-16-9-12-21-44(33)55-45(34)29-35(42)46-32-15-8-7-14-30(32)26-43-47(46)52(54)40-19-13-18-38-48(40)53(43)41-20-11-10-17-37(41)51(38,5)6/h7-23,26-29H,24-25H2,1-6H3. The molecule has 4 heterocycles. The van der Waals surface area contributed by atoms with Crippen LogP contribution in [0.2, 0.25) is 0 Å². The Bertz CT molecular complexity index is 3000. The molecule has 266 valence electrons. The normalized spacial score (nSPS) is 17.8. The molecule has 0 fully saturated rings. The van der Waals surface area contributed by atoms with E-state index in [0.29, 0.717) is 0 Å². The monoisotopic (exact) mass is 710 g/mol. The maximum Gasteiger partial charge on any atom is 0.333 e. The first kappa shape index (κ1) is 31.6. The molecule has 12 rings (SSSR count). The molecule has 0 radical (unpaired) electrons. The van der Waals surface area contributed by atoms with E-state index >= 15 is 0 Å². The van der Waals surface area contributed by atoms with Crippen LogP contribution in [0.4, 0.5) is 28.4 Å². The molecule has 0 saturated heterocycles. The molecule has 55 heavy (non-hydrogen) atoms. The molecular weight excluding hydrogens is 667 g/mol. The summed E-state index contributed by atoms with van der Waals surface area (Å²) < 4.78 is 6.67. The number of anilines is 5. The molecule has 3 aliphatic heterocycles. The summed E-state index contributed by atoms with van der Waals surface area (Å²) in [6.07, 6.45) is 2.37. The number of benzene rings is 7. The third kappa shape index (κ3) is 3.97. The highest BCUT2D eigenvalue weighted by Gasteiger charge is 2.50. The van der Waals surface area contributed by atoms with Crippen molar-refractivity contribution in [3.8, 4) is 11.1 Å². The number of hydrogen-bond donors (Lipinski definition) is 0. The summed E-state index contributed by atoms with van der Waals surface area (Å²) in [5.41, 5.74) is 19.2. The quantitative estimate of drug-likeness (QED) is 0.158. The summed E-state index contributed by atoms with van der Waals surface area (Å²) >= 11 is 0. The molecule has 3 nitrogen and oxygen atoms in total. The van der Waals surface area contributed by atoms with Crippen LogP contribution in [0, 0.1) is 0 Å². The van der Waals surface area contributed by atoms with Gasteiger partial charge in [-0.1, -0.05) is 126 Å². The van der Waals surface area contributed by atoms with E-state index < -0.39 is 0 Å². The van der Waals surface area contributed by atoms with E-state index in [-0.39, 0.29) is 23.1 Å². The average molecular weight is 711 g/mol. The van der Waals surface area contributed by atoms with Gasteiger partial charge in [0.25, 0.3) is 0 Å². The smallest absolute Gasteiger partial charge is 0.333 e. The Morgan fingerprint density at radius 1 is 0.545 bits per heavy atom. The van der Waals surface area contributed by atoms with Crippen LogP contribution in [0.25, 0.3) is 43.8 Å². The zero-order chi connectivity index (χ0) is 37.2. The molecule has 7 aromatic carbocycles. The van der Waals surface area contributed by atoms with E-state index in [0.717, 1.165) is 21.9 Å². The van der Waals surface area contributed by atoms with Crippen molar-refractivity contribution in [2.75, 3.05) is 9.71 Å². The molecule has 0 amide bonds. The zero-order valence-corrected chi connectivity index (χ0v) is 32.4. The first-order valence-corrected chi connectivity index (χ1v) is 20.0. The predicted octanol–water partition coefficient (Wildman–Crippen LogP) is 12.4. The van der Waals surface area contributed by atoms with Crippen molar-refractivity contribution in [3.05, 3.63) is 150 Å². The molecule has 8 aromatic rings. The minimum atomic E-state index is -0.170. The van der Waals surface area contributed by atoms with E-state index in [2.05, 4.69) is 179 Å². The molecule has 4 aliphatic rings. The molecule has 0 spiro atoms.